The number of carbonyl (C=O) groups excluding carboxylic acids is 2. The molecule has 1 aliphatic heterocycles. The highest BCUT2D eigenvalue weighted by molar-refractivity contribution is 6.06. The van der Waals surface area contributed by atoms with Crippen molar-refractivity contribution in [2.24, 2.45) is 0 Å². The van der Waals surface area contributed by atoms with Gasteiger partial charge < -0.3 is 10.1 Å². The highest BCUT2D eigenvalue weighted by atomic mass is 16.5. The summed E-state index contributed by atoms with van der Waals surface area (Å²) in [5.74, 6) is 0.101. The van der Waals surface area contributed by atoms with Crippen LogP contribution in [0.5, 0.6) is 5.75 Å². The Hall–Kier alpha value is -2.69. The van der Waals surface area contributed by atoms with Crippen molar-refractivity contribution in [3.63, 3.8) is 0 Å². The second kappa shape index (κ2) is 5.36. The Morgan fingerprint density at radius 1 is 1.33 bits per heavy atom. The summed E-state index contributed by atoms with van der Waals surface area (Å²) < 4.78 is 5.52. The van der Waals surface area contributed by atoms with E-state index in [1.807, 2.05) is 13.0 Å². The first-order chi connectivity index (χ1) is 10.1. The van der Waals surface area contributed by atoms with Crippen molar-refractivity contribution in [1.82, 2.24) is 10.3 Å². The van der Waals surface area contributed by atoms with Gasteiger partial charge in [-0.25, -0.2) is 0 Å². The molecule has 0 saturated heterocycles. The lowest BCUT2D eigenvalue weighted by atomic mass is 10.0. The maximum absolute atomic E-state index is 12.3. The number of pyridine rings is 1. The molecule has 1 atom stereocenters. The summed E-state index contributed by atoms with van der Waals surface area (Å²) in [4.78, 5) is 28.5. The monoisotopic (exact) mass is 282 g/mol. The Morgan fingerprint density at radius 2 is 2.14 bits per heavy atom. The number of hydrogen-bond donors (Lipinski definition) is 1. The molecule has 2 heterocycles. The van der Waals surface area contributed by atoms with Crippen molar-refractivity contribution >= 4 is 11.7 Å². The Bertz CT molecular complexity index is 712. The third kappa shape index (κ3) is 2.63. The van der Waals surface area contributed by atoms with Crippen molar-refractivity contribution in [1.29, 1.82) is 0 Å². The highest BCUT2D eigenvalue weighted by Gasteiger charge is 2.29. The van der Waals surface area contributed by atoms with Gasteiger partial charge in [0, 0.05) is 12.4 Å². The largest absolute Gasteiger partial charge is 0.490 e. The van der Waals surface area contributed by atoms with Crippen LogP contribution in [0.4, 0.5) is 0 Å². The van der Waals surface area contributed by atoms with E-state index in [4.69, 9.17) is 4.74 Å². The summed E-state index contributed by atoms with van der Waals surface area (Å²) in [6.07, 6.45) is 3.15. The SMILES string of the molecule is Cc1cncc(C(=O)N[C@H]2COc3ccccc3C2=O)c1. The minimum atomic E-state index is -0.673. The van der Waals surface area contributed by atoms with E-state index >= 15 is 0 Å². The number of nitrogens with zero attached hydrogens (tertiary/aromatic N) is 1. The minimum Gasteiger partial charge on any atom is -0.490 e. The van der Waals surface area contributed by atoms with Crippen LogP contribution in [0.3, 0.4) is 0 Å². The molecule has 0 fully saturated rings. The van der Waals surface area contributed by atoms with Crippen LogP contribution < -0.4 is 10.1 Å². The topological polar surface area (TPSA) is 68.3 Å². The quantitative estimate of drug-likeness (QED) is 0.911. The number of amides is 1. The Balaban J connectivity index is 1.78. The van der Waals surface area contributed by atoms with Crippen molar-refractivity contribution in [2.45, 2.75) is 13.0 Å². The van der Waals surface area contributed by atoms with Crippen LogP contribution in [-0.2, 0) is 0 Å². The van der Waals surface area contributed by atoms with E-state index < -0.39 is 6.04 Å². The third-order valence-electron chi connectivity index (χ3n) is 3.32. The number of Topliss-reactive ketones (excluding diaryl/α,β-unsaturated/α-hetero) is 1. The van der Waals surface area contributed by atoms with Crippen LogP contribution in [0, 0.1) is 6.92 Å². The summed E-state index contributed by atoms with van der Waals surface area (Å²) in [5, 5.41) is 2.70. The van der Waals surface area contributed by atoms with E-state index in [0.29, 0.717) is 16.9 Å². The molecule has 3 rings (SSSR count). The van der Waals surface area contributed by atoms with E-state index in [0.717, 1.165) is 5.56 Å². The van der Waals surface area contributed by atoms with Gasteiger partial charge in [0.2, 0.25) is 0 Å². The lowest BCUT2D eigenvalue weighted by Gasteiger charge is -2.24. The van der Waals surface area contributed by atoms with Gasteiger partial charge in [-0.1, -0.05) is 12.1 Å². The Labute approximate surface area is 122 Å². The van der Waals surface area contributed by atoms with Crippen molar-refractivity contribution in [2.75, 3.05) is 6.61 Å². The number of aromatic nitrogens is 1. The van der Waals surface area contributed by atoms with E-state index in [-0.39, 0.29) is 18.3 Å². The number of para-hydroxylation sites is 1. The molecule has 0 saturated carbocycles. The van der Waals surface area contributed by atoms with Gasteiger partial charge in [0.1, 0.15) is 18.4 Å². The van der Waals surface area contributed by atoms with Gasteiger partial charge in [0.25, 0.3) is 5.91 Å². The Morgan fingerprint density at radius 3 is 2.95 bits per heavy atom. The number of benzene rings is 1. The lowest BCUT2D eigenvalue weighted by Crippen LogP contribution is -2.47. The maximum atomic E-state index is 12.3. The fraction of sp³-hybridized carbons (Fsp3) is 0.188. The van der Waals surface area contributed by atoms with E-state index in [1.165, 1.54) is 6.20 Å². The number of fused-ring (bicyclic) bond motifs is 1. The van der Waals surface area contributed by atoms with Crippen LogP contribution in [0.2, 0.25) is 0 Å². The fourth-order valence-corrected chi connectivity index (χ4v) is 2.26. The molecule has 0 aliphatic carbocycles. The number of ketones is 1. The van der Waals surface area contributed by atoms with Gasteiger partial charge in [0.05, 0.1) is 11.1 Å². The molecule has 0 bridgehead atoms. The number of ether oxygens (including phenoxy) is 1. The van der Waals surface area contributed by atoms with E-state index in [1.54, 1.807) is 30.5 Å². The number of nitrogens with one attached hydrogen (secondary N) is 1. The molecule has 0 radical (unpaired) electrons. The standard InChI is InChI=1S/C16H14N2O3/c1-10-6-11(8-17-7-10)16(20)18-13-9-21-14-5-3-2-4-12(14)15(13)19/h2-8,13H,9H2,1H3,(H,18,20)/t13-/m0/s1. The fourth-order valence-electron chi connectivity index (χ4n) is 2.26. The average Bonchev–Trinajstić information content (AvgIpc) is 2.50. The molecule has 1 aliphatic rings. The number of hydrogen-bond acceptors (Lipinski definition) is 4. The van der Waals surface area contributed by atoms with Crippen molar-refractivity contribution < 1.29 is 14.3 Å². The predicted molar refractivity (Wildman–Crippen MR) is 76.5 cm³/mol. The zero-order valence-electron chi connectivity index (χ0n) is 11.5. The van der Waals surface area contributed by atoms with Crippen LogP contribution in [-0.4, -0.2) is 29.3 Å². The molecule has 5 nitrogen and oxygen atoms in total. The number of carbonyl (C=O) groups is 2. The van der Waals surface area contributed by atoms with Crippen LogP contribution in [0.25, 0.3) is 0 Å². The predicted octanol–water partition coefficient (Wildman–Crippen LogP) is 1.76. The van der Waals surface area contributed by atoms with Crippen LogP contribution >= 0.6 is 0 Å². The van der Waals surface area contributed by atoms with Crippen molar-refractivity contribution in [3.05, 3.63) is 59.4 Å². The number of rotatable bonds is 2. The second-order valence-corrected chi connectivity index (χ2v) is 4.95. The molecule has 1 aromatic carbocycles. The van der Waals surface area contributed by atoms with Gasteiger partial charge in [-0.3, -0.25) is 14.6 Å². The Kier molecular flexibility index (Phi) is 3.39. The molecular formula is C16H14N2O3. The van der Waals surface area contributed by atoms with Crippen LogP contribution in [0.15, 0.2) is 42.7 Å². The molecule has 2 aromatic rings. The minimum absolute atomic E-state index is 0.134. The molecule has 0 unspecified atom stereocenters. The van der Waals surface area contributed by atoms with Gasteiger partial charge in [-0.2, -0.15) is 0 Å². The second-order valence-electron chi connectivity index (χ2n) is 4.95. The summed E-state index contributed by atoms with van der Waals surface area (Å²) in [7, 11) is 0. The molecule has 1 amide bonds. The lowest BCUT2D eigenvalue weighted by molar-refractivity contribution is 0.0795. The molecule has 0 spiro atoms. The smallest absolute Gasteiger partial charge is 0.253 e. The first-order valence-corrected chi connectivity index (χ1v) is 6.64. The highest BCUT2D eigenvalue weighted by Crippen LogP contribution is 2.24. The zero-order chi connectivity index (χ0) is 14.8. The summed E-state index contributed by atoms with van der Waals surface area (Å²) in [5.41, 5.74) is 1.82. The first kappa shape index (κ1) is 13.3. The average molecular weight is 282 g/mol. The van der Waals surface area contributed by atoms with Gasteiger partial charge in [0.15, 0.2) is 5.78 Å². The molecule has 21 heavy (non-hydrogen) atoms. The first-order valence-electron chi connectivity index (χ1n) is 6.64. The van der Waals surface area contributed by atoms with Gasteiger partial charge in [-0.15, -0.1) is 0 Å². The van der Waals surface area contributed by atoms with Crippen molar-refractivity contribution in [3.8, 4) is 5.75 Å². The molecule has 1 aromatic heterocycles. The zero-order valence-corrected chi connectivity index (χ0v) is 11.5. The summed E-state index contributed by atoms with van der Waals surface area (Å²) in [6.45, 7) is 2.00. The summed E-state index contributed by atoms with van der Waals surface area (Å²) in [6, 6.07) is 8.08. The maximum Gasteiger partial charge on any atom is 0.253 e. The molecule has 5 heteroatoms. The van der Waals surface area contributed by atoms with E-state index in [9.17, 15) is 9.59 Å². The molecular weight excluding hydrogens is 268 g/mol. The molecule has 106 valence electrons. The third-order valence-corrected chi connectivity index (χ3v) is 3.32. The normalized spacial score (nSPS) is 16.8. The van der Waals surface area contributed by atoms with Gasteiger partial charge in [-0.05, 0) is 30.7 Å². The summed E-state index contributed by atoms with van der Waals surface area (Å²) >= 11 is 0. The van der Waals surface area contributed by atoms with E-state index in [2.05, 4.69) is 10.3 Å². The number of aryl methyl sites for hydroxylation is 1. The van der Waals surface area contributed by atoms with Gasteiger partial charge >= 0.3 is 0 Å². The molecule has 1 N–H and O–H groups in total. The van der Waals surface area contributed by atoms with Crippen LogP contribution in [0.1, 0.15) is 26.3 Å².